The SMILES string of the molecule is CCN(CC)C/C=C/C(=O)N1CC[C@H]2[C@H]1[C@@H](C(C)C)C(=O)N2S(C)(=O)=O. The Morgan fingerprint density at radius 2 is 1.92 bits per heavy atom. The van der Waals surface area contributed by atoms with E-state index in [4.69, 9.17) is 0 Å². The van der Waals surface area contributed by atoms with Crippen LogP contribution in [-0.4, -0.2) is 78.9 Å². The third kappa shape index (κ3) is 3.96. The zero-order valence-corrected chi connectivity index (χ0v) is 17.2. The van der Waals surface area contributed by atoms with Gasteiger partial charge in [0, 0.05) is 19.2 Å². The van der Waals surface area contributed by atoms with Crippen LogP contribution in [0.15, 0.2) is 12.2 Å². The zero-order chi connectivity index (χ0) is 19.6. The fraction of sp³-hybridized carbons (Fsp3) is 0.778. The molecule has 2 amide bonds. The highest BCUT2D eigenvalue weighted by atomic mass is 32.2. The van der Waals surface area contributed by atoms with E-state index in [1.165, 1.54) is 0 Å². The molecule has 3 atom stereocenters. The van der Waals surface area contributed by atoms with Crippen LogP contribution in [0.25, 0.3) is 0 Å². The highest BCUT2D eigenvalue weighted by Gasteiger charge is 2.58. The Hall–Kier alpha value is -1.41. The molecule has 2 heterocycles. The van der Waals surface area contributed by atoms with Crippen molar-refractivity contribution in [1.29, 1.82) is 0 Å². The number of likely N-dealkylation sites (N-methyl/N-ethyl adjacent to an activating group) is 1. The first-order chi connectivity index (χ1) is 12.1. The molecule has 0 aliphatic carbocycles. The van der Waals surface area contributed by atoms with E-state index in [0.29, 0.717) is 19.5 Å². The Morgan fingerprint density at radius 3 is 2.42 bits per heavy atom. The van der Waals surface area contributed by atoms with Gasteiger partial charge in [-0.2, -0.15) is 0 Å². The lowest BCUT2D eigenvalue weighted by atomic mass is 9.88. The van der Waals surface area contributed by atoms with E-state index in [1.54, 1.807) is 11.0 Å². The molecule has 0 unspecified atom stereocenters. The van der Waals surface area contributed by atoms with Crippen LogP contribution < -0.4 is 0 Å². The minimum Gasteiger partial charge on any atom is -0.333 e. The van der Waals surface area contributed by atoms with Crippen molar-refractivity contribution in [3.05, 3.63) is 12.2 Å². The number of hydrogen-bond donors (Lipinski definition) is 0. The summed E-state index contributed by atoms with van der Waals surface area (Å²) < 4.78 is 25.3. The van der Waals surface area contributed by atoms with Crippen molar-refractivity contribution in [3.8, 4) is 0 Å². The molecule has 7 nitrogen and oxygen atoms in total. The Kier molecular flexibility index (Phi) is 6.50. The lowest BCUT2D eigenvalue weighted by Gasteiger charge is -2.28. The van der Waals surface area contributed by atoms with E-state index in [2.05, 4.69) is 18.7 Å². The van der Waals surface area contributed by atoms with E-state index >= 15 is 0 Å². The van der Waals surface area contributed by atoms with Gasteiger partial charge in [-0.15, -0.1) is 0 Å². The Balaban J connectivity index is 2.21. The molecule has 2 aliphatic heterocycles. The molecule has 0 aromatic carbocycles. The molecule has 0 spiro atoms. The van der Waals surface area contributed by atoms with Gasteiger partial charge in [-0.1, -0.05) is 33.8 Å². The lowest BCUT2D eigenvalue weighted by molar-refractivity contribution is -0.131. The van der Waals surface area contributed by atoms with E-state index < -0.39 is 22.0 Å². The molecule has 8 heteroatoms. The number of sulfonamides is 1. The number of rotatable bonds is 7. The summed E-state index contributed by atoms with van der Waals surface area (Å²) in [5.41, 5.74) is 0. The summed E-state index contributed by atoms with van der Waals surface area (Å²) >= 11 is 0. The molecule has 0 bridgehead atoms. The van der Waals surface area contributed by atoms with Gasteiger partial charge in [-0.05, 0) is 25.4 Å². The van der Waals surface area contributed by atoms with E-state index in [0.717, 1.165) is 23.7 Å². The molecule has 2 aliphatic rings. The first-order valence-corrected chi connectivity index (χ1v) is 11.2. The van der Waals surface area contributed by atoms with Crippen molar-refractivity contribution in [1.82, 2.24) is 14.1 Å². The summed E-state index contributed by atoms with van der Waals surface area (Å²) in [4.78, 5) is 29.3. The number of fused-ring (bicyclic) bond motifs is 1. The minimum atomic E-state index is -3.64. The minimum absolute atomic E-state index is 0.0326. The van der Waals surface area contributed by atoms with Gasteiger partial charge in [0.1, 0.15) is 0 Å². The van der Waals surface area contributed by atoms with Gasteiger partial charge in [0.05, 0.1) is 24.3 Å². The summed E-state index contributed by atoms with van der Waals surface area (Å²) in [5, 5.41) is 0. The van der Waals surface area contributed by atoms with E-state index in [-0.39, 0.29) is 23.8 Å². The second-order valence-corrected chi connectivity index (χ2v) is 9.29. The molecule has 26 heavy (non-hydrogen) atoms. The largest absolute Gasteiger partial charge is 0.333 e. The van der Waals surface area contributed by atoms with Crippen molar-refractivity contribution < 1.29 is 18.0 Å². The maximum absolute atomic E-state index is 12.7. The third-order valence-electron chi connectivity index (χ3n) is 5.47. The van der Waals surface area contributed by atoms with Gasteiger partial charge in [0.2, 0.25) is 21.8 Å². The highest BCUT2D eigenvalue weighted by molar-refractivity contribution is 7.88. The molecular formula is C18H31N3O4S. The lowest BCUT2D eigenvalue weighted by Crippen LogP contribution is -2.43. The summed E-state index contributed by atoms with van der Waals surface area (Å²) in [7, 11) is -3.64. The second-order valence-electron chi connectivity index (χ2n) is 7.43. The Labute approximate surface area is 157 Å². The van der Waals surface area contributed by atoms with Gasteiger partial charge in [0.25, 0.3) is 0 Å². The third-order valence-corrected chi connectivity index (χ3v) is 6.63. The number of likely N-dealkylation sites (tertiary alicyclic amines) is 1. The maximum Gasteiger partial charge on any atom is 0.246 e. The summed E-state index contributed by atoms with van der Waals surface area (Å²) in [6.45, 7) is 11.0. The van der Waals surface area contributed by atoms with Crippen LogP contribution in [0.1, 0.15) is 34.1 Å². The van der Waals surface area contributed by atoms with Crippen LogP contribution in [0.2, 0.25) is 0 Å². The number of carbonyl (C=O) groups is 2. The highest BCUT2D eigenvalue weighted by Crippen LogP contribution is 2.41. The molecule has 0 aromatic rings. The first-order valence-electron chi connectivity index (χ1n) is 9.36. The van der Waals surface area contributed by atoms with Crippen LogP contribution in [0.4, 0.5) is 0 Å². The molecule has 0 saturated carbocycles. The molecule has 0 radical (unpaired) electrons. The van der Waals surface area contributed by atoms with Crippen LogP contribution in [0.5, 0.6) is 0 Å². The Bertz CT molecular complexity index is 670. The molecular weight excluding hydrogens is 354 g/mol. The predicted octanol–water partition coefficient (Wildman–Crippen LogP) is 0.928. The van der Waals surface area contributed by atoms with Gasteiger partial charge >= 0.3 is 0 Å². The van der Waals surface area contributed by atoms with Crippen molar-refractivity contribution >= 4 is 21.8 Å². The first kappa shape index (κ1) is 20.9. The number of carbonyl (C=O) groups excluding carboxylic acids is 2. The second kappa shape index (κ2) is 8.08. The quantitative estimate of drug-likeness (QED) is 0.609. The van der Waals surface area contributed by atoms with Crippen molar-refractivity contribution in [2.45, 2.75) is 46.2 Å². The van der Waals surface area contributed by atoms with Crippen LogP contribution >= 0.6 is 0 Å². The van der Waals surface area contributed by atoms with Crippen molar-refractivity contribution in [2.24, 2.45) is 11.8 Å². The number of hydrogen-bond acceptors (Lipinski definition) is 5. The molecule has 2 fully saturated rings. The Morgan fingerprint density at radius 1 is 1.31 bits per heavy atom. The molecule has 2 rings (SSSR count). The monoisotopic (exact) mass is 385 g/mol. The van der Waals surface area contributed by atoms with Crippen molar-refractivity contribution in [3.63, 3.8) is 0 Å². The van der Waals surface area contributed by atoms with Crippen molar-refractivity contribution in [2.75, 3.05) is 32.4 Å². The fourth-order valence-corrected chi connectivity index (χ4v) is 5.34. The summed E-state index contributed by atoms with van der Waals surface area (Å²) in [6.07, 6.45) is 4.98. The summed E-state index contributed by atoms with van der Waals surface area (Å²) in [5.74, 6) is -1.02. The molecule has 148 valence electrons. The predicted molar refractivity (Wildman–Crippen MR) is 101 cm³/mol. The zero-order valence-electron chi connectivity index (χ0n) is 16.4. The topological polar surface area (TPSA) is 78.0 Å². The van der Waals surface area contributed by atoms with E-state index in [9.17, 15) is 18.0 Å². The van der Waals surface area contributed by atoms with Gasteiger partial charge in [0.15, 0.2) is 0 Å². The van der Waals surface area contributed by atoms with Gasteiger partial charge in [-0.3, -0.25) is 9.59 Å². The number of amides is 2. The van der Waals surface area contributed by atoms with E-state index in [1.807, 2.05) is 19.9 Å². The number of nitrogens with zero attached hydrogens (tertiary/aromatic N) is 3. The van der Waals surface area contributed by atoms with Crippen LogP contribution in [0.3, 0.4) is 0 Å². The van der Waals surface area contributed by atoms with Crippen LogP contribution in [-0.2, 0) is 19.6 Å². The normalized spacial score (nSPS) is 26.6. The molecule has 0 N–H and O–H groups in total. The maximum atomic E-state index is 12.7. The average molecular weight is 386 g/mol. The smallest absolute Gasteiger partial charge is 0.246 e. The average Bonchev–Trinajstić information content (AvgIpc) is 3.06. The van der Waals surface area contributed by atoms with Gasteiger partial charge in [-0.25, -0.2) is 12.7 Å². The molecule has 0 aromatic heterocycles. The molecule has 2 saturated heterocycles. The standard InChI is InChI=1S/C18H31N3O4S/c1-6-19(7-2)11-8-9-15(22)20-12-10-14-17(20)16(13(3)4)18(23)21(14)26(5,24)25/h8-9,13-14,16-17H,6-7,10-12H2,1-5H3/b9-8+/t14-,16+,17-/m0/s1. The fourth-order valence-electron chi connectivity index (χ4n) is 4.17. The van der Waals surface area contributed by atoms with Crippen LogP contribution in [0, 0.1) is 11.8 Å². The summed E-state index contributed by atoms with van der Waals surface area (Å²) in [6, 6.07) is -0.812. The van der Waals surface area contributed by atoms with Gasteiger partial charge < -0.3 is 9.80 Å².